The molecule has 46 heavy (non-hydrogen) atoms. The van der Waals surface area contributed by atoms with Gasteiger partial charge in [-0.3, -0.25) is 4.90 Å². The number of carbonyl (C=O) groups is 2. The molecule has 0 radical (unpaired) electrons. The molecule has 2 aromatic rings. The second-order valence-corrected chi connectivity index (χ2v) is 13.4. The minimum Gasteiger partial charge on any atom is -0.459 e. The second-order valence-electron chi connectivity index (χ2n) is 13.4. The lowest BCUT2D eigenvalue weighted by atomic mass is 9.75. The van der Waals surface area contributed by atoms with Crippen molar-refractivity contribution in [2.75, 3.05) is 13.1 Å². The van der Waals surface area contributed by atoms with Crippen molar-refractivity contribution in [2.24, 2.45) is 17.8 Å². The van der Waals surface area contributed by atoms with Gasteiger partial charge in [0, 0.05) is 36.6 Å². The predicted molar refractivity (Wildman–Crippen MR) is 172 cm³/mol. The smallest absolute Gasteiger partial charge is 0.387 e. The second kappa shape index (κ2) is 14.8. The number of hydrogen-bond donors (Lipinski definition) is 1. The molecule has 5 unspecified atom stereocenters. The van der Waals surface area contributed by atoms with E-state index in [1.54, 1.807) is 32.0 Å². The lowest BCUT2D eigenvalue weighted by Crippen LogP contribution is -2.39. The minimum atomic E-state index is -3.09. The number of carbonyl (C=O) groups excluding carboxylic acids is 2. The highest BCUT2D eigenvalue weighted by molar-refractivity contribution is 6.00. The van der Waals surface area contributed by atoms with E-state index < -0.39 is 24.5 Å². The lowest BCUT2D eigenvalue weighted by molar-refractivity contribution is -0.151. The van der Waals surface area contributed by atoms with E-state index in [1.165, 1.54) is 11.6 Å². The van der Waals surface area contributed by atoms with Crippen LogP contribution in [0.15, 0.2) is 77.1 Å². The van der Waals surface area contributed by atoms with Gasteiger partial charge < -0.3 is 19.5 Å². The first-order valence-corrected chi connectivity index (χ1v) is 16.4. The summed E-state index contributed by atoms with van der Waals surface area (Å²) < 4.78 is 44.5. The monoisotopic (exact) mass is 636 g/mol. The van der Waals surface area contributed by atoms with E-state index in [9.17, 15) is 18.4 Å². The van der Waals surface area contributed by atoms with Gasteiger partial charge in [0.15, 0.2) is 0 Å². The fraction of sp³-hybridized carbons (Fsp3) is 0.514. The third-order valence-electron chi connectivity index (χ3n) is 9.62. The SMILES string of the molecule is CC1=C(C(=O)OC2CCN(Cc3ccccc3)C2)C(c2ccccc2OC(F)F)C(C(=O)OC2CC(C)CCC2C(C)C)=C(C)N1. The molecule has 5 atom stereocenters. The van der Waals surface area contributed by atoms with Gasteiger partial charge in [0.25, 0.3) is 0 Å². The van der Waals surface area contributed by atoms with E-state index >= 15 is 0 Å². The third-order valence-corrected chi connectivity index (χ3v) is 9.62. The van der Waals surface area contributed by atoms with Crippen molar-refractivity contribution in [3.8, 4) is 5.75 Å². The first-order chi connectivity index (χ1) is 22.0. The summed E-state index contributed by atoms with van der Waals surface area (Å²) in [6, 6.07) is 16.4. The van der Waals surface area contributed by atoms with Crippen molar-refractivity contribution in [2.45, 2.75) is 91.6 Å². The van der Waals surface area contributed by atoms with Crippen LogP contribution in [-0.4, -0.2) is 48.7 Å². The number of likely N-dealkylation sites (tertiary alicyclic amines) is 1. The quantitative estimate of drug-likeness (QED) is 0.274. The molecule has 2 heterocycles. The molecule has 0 aromatic heterocycles. The molecule has 248 valence electrons. The zero-order valence-electron chi connectivity index (χ0n) is 27.4. The van der Waals surface area contributed by atoms with Crippen molar-refractivity contribution >= 4 is 11.9 Å². The number of ether oxygens (including phenoxy) is 3. The summed E-state index contributed by atoms with van der Waals surface area (Å²) in [5, 5.41) is 3.21. The van der Waals surface area contributed by atoms with Crippen LogP contribution in [-0.2, 0) is 25.6 Å². The molecule has 0 spiro atoms. The van der Waals surface area contributed by atoms with Crippen molar-refractivity contribution in [1.82, 2.24) is 10.2 Å². The largest absolute Gasteiger partial charge is 0.459 e. The van der Waals surface area contributed by atoms with E-state index in [0.717, 1.165) is 32.4 Å². The molecule has 3 aliphatic rings. The van der Waals surface area contributed by atoms with E-state index in [-0.39, 0.29) is 40.6 Å². The molecule has 0 bridgehead atoms. The number of allylic oxidation sites excluding steroid dienone is 2. The maximum absolute atomic E-state index is 14.2. The van der Waals surface area contributed by atoms with Crippen LogP contribution in [0.25, 0.3) is 0 Å². The number of benzene rings is 2. The average Bonchev–Trinajstić information content (AvgIpc) is 3.43. The Labute approximate surface area is 271 Å². The summed E-state index contributed by atoms with van der Waals surface area (Å²) in [5.74, 6) is -1.38. The average molecular weight is 637 g/mol. The molecular formula is C37H46F2N2O5. The Balaban J connectivity index is 1.45. The maximum atomic E-state index is 14.2. The normalized spacial score (nSPS) is 25.5. The number of para-hydroxylation sites is 1. The molecule has 2 fully saturated rings. The number of esters is 2. The molecule has 1 N–H and O–H groups in total. The lowest BCUT2D eigenvalue weighted by Gasteiger charge is -2.38. The van der Waals surface area contributed by atoms with Gasteiger partial charge >= 0.3 is 18.6 Å². The van der Waals surface area contributed by atoms with Crippen LogP contribution >= 0.6 is 0 Å². The third kappa shape index (κ3) is 7.80. The first-order valence-electron chi connectivity index (χ1n) is 16.4. The summed E-state index contributed by atoms with van der Waals surface area (Å²) in [6.07, 6.45) is 2.79. The Morgan fingerprint density at radius 1 is 0.913 bits per heavy atom. The summed E-state index contributed by atoms with van der Waals surface area (Å²) in [7, 11) is 0. The van der Waals surface area contributed by atoms with E-state index in [2.05, 4.69) is 43.1 Å². The van der Waals surface area contributed by atoms with Crippen LogP contribution in [0.3, 0.4) is 0 Å². The number of alkyl halides is 2. The molecule has 9 heteroatoms. The highest BCUT2D eigenvalue weighted by Gasteiger charge is 2.42. The number of rotatable bonds is 10. The van der Waals surface area contributed by atoms with Crippen LogP contribution in [0.4, 0.5) is 8.78 Å². The Bertz CT molecular complexity index is 1460. The number of nitrogens with zero attached hydrogens (tertiary/aromatic N) is 1. The molecule has 7 nitrogen and oxygen atoms in total. The van der Waals surface area contributed by atoms with Gasteiger partial charge in [0.1, 0.15) is 18.0 Å². The van der Waals surface area contributed by atoms with Crippen molar-refractivity contribution in [3.05, 3.63) is 88.3 Å². The van der Waals surface area contributed by atoms with E-state index in [0.29, 0.717) is 36.2 Å². The van der Waals surface area contributed by atoms with Gasteiger partial charge in [-0.15, -0.1) is 0 Å². The summed E-state index contributed by atoms with van der Waals surface area (Å²) in [4.78, 5) is 30.5. The Morgan fingerprint density at radius 2 is 1.57 bits per heavy atom. The number of hydrogen-bond acceptors (Lipinski definition) is 7. The molecule has 2 aliphatic heterocycles. The highest BCUT2D eigenvalue weighted by Crippen LogP contribution is 2.44. The summed E-state index contributed by atoms with van der Waals surface area (Å²) in [6.45, 7) is 8.91. The van der Waals surface area contributed by atoms with Crippen molar-refractivity contribution in [3.63, 3.8) is 0 Å². The Kier molecular flexibility index (Phi) is 10.8. The van der Waals surface area contributed by atoms with Gasteiger partial charge in [-0.2, -0.15) is 8.78 Å². The van der Waals surface area contributed by atoms with Crippen LogP contribution in [0.1, 0.15) is 77.3 Å². The van der Waals surface area contributed by atoms with Crippen LogP contribution in [0, 0.1) is 17.8 Å². The topological polar surface area (TPSA) is 77.1 Å². The van der Waals surface area contributed by atoms with Crippen LogP contribution < -0.4 is 10.1 Å². The Morgan fingerprint density at radius 3 is 2.24 bits per heavy atom. The zero-order valence-corrected chi connectivity index (χ0v) is 27.4. The molecule has 2 aromatic carbocycles. The molecule has 1 saturated carbocycles. The van der Waals surface area contributed by atoms with E-state index in [1.807, 2.05) is 18.2 Å². The van der Waals surface area contributed by atoms with Crippen molar-refractivity contribution < 1.29 is 32.6 Å². The summed E-state index contributed by atoms with van der Waals surface area (Å²) >= 11 is 0. The Hall–Kier alpha value is -3.72. The molecule has 5 rings (SSSR count). The van der Waals surface area contributed by atoms with Gasteiger partial charge in [-0.1, -0.05) is 75.7 Å². The molecular weight excluding hydrogens is 590 g/mol. The molecule has 0 amide bonds. The fourth-order valence-corrected chi connectivity index (χ4v) is 7.31. The van der Waals surface area contributed by atoms with Gasteiger partial charge in [-0.05, 0) is 62.5 Å². The van der Waals surface area contributed by atoms with Crippen LogP contribution in [0.5, 0.6) is 5.75 Å². The van der Waals surface area contributed by atoms with Gasteiger partial charge in [0.2, 0.25) is 0 Å². The maximum Gasteiger partial charge on any atom is 0.387 e. The number of dihydropyridines is 1. The van der Waals surface area contributed by atoms with Gasteiger partial charge in [-0.25, -0.2) is 9.59 Å². The minimum absolute atomic E-state index is 0.109. The van der Waals surface area contributed by atoms with Crippen molar-refractivity contribution in [1.29, 1.82) is 0 Å². The zero-order chi connectivity index (χ0) is 33.0. The fourth-order valence-electron chi connectivity index (χ4n) is 7.31. The molecule has 1 aliphatic carbocycles. The highest BCUT2D eigenvalue weighted by atomic mass is 19.3. The number of halogens is 2. The molecule has 1 saturated heterocycles. The standard InChI is InChI=1S/C37H46F2N2O5/c1-22(2)28-16-15-23(3)19-31(28)45-36(43)33-25(5)40-24(4)32(34(33)29-13-9-10-14-30(29)46-37(38)39)35(42)44-27-17-18-41(21-27)20-26-11-7-6-8-12-26/h6-14,22-23,27-28,31,34,37,40H,15-21H2,1-5H3. The van der Waals surface area contributed by atoms with Crippen LogP contribution in [0.2, 0.25) is 0 Å². The number of nitrogens with one attached hydrogen (secondary N) is 1. The van der Waals surface area contributed by atoms with Gasteiger partial charge in [0.05, 0.1) is 17.1 Å². The first kappa shape index (κ1) is 33.6. The summed E-state index contributed by atoms with van der Waals surface area (Å²) in [5.41, 5.74) is 2.81. The van der Waals surface area contributed by atoms with E-state index in [4.69, 9.17) is 14.2 Å². The predicted octanol–water partition coefficient (Wildman–Crippen LogP) is 7.34.